The molecule has 1 atom stereocenters. The van der Waals surface area contributed by atoms with Gasteiger partial charge in [0.15, 0.2) is 0 Å². The number of aromatic nitrogens is 4. The molecule has 3 aromatic heterocycles. The number of hydrogen-bond acceptors (Lipinski definition) is 6. The molecule has 148 valence electrons. The molecule has 0 aliphatic carbocycles. The summed E-state index contributed by atoms with van der Waals surface area (Å²) in [6.07, 6.45) is 1.79. The van der Waals surface area contributed by atoms with E-state index in [2.05, 4.69) is 15.2 Å². The SMILES string of the molecule is Cc1cc2[nH]c(=O)c(N)c(-c3ccc(F)c4[nH]ncc34)c2nc1N1CCC(O)C1. The number of aliphatic hydroxyl groups is 1. The van der Waals surface area contributed by atoms with Crippen LogP contribution in [0.1, 0.15) is 12.0 Å². The van der Waals surface area contributed by atoms with Gasteiger partial charge in [0.2, 0.25) is 0 Å². The van der Waals surface area contributed by atoms with Gasteiger partial charge in [0.1, 0.15) is 22.8 Å². The highest BCUT2D eigenvalue weighted by atomic mass is 19.1. The maximum Gasteiger partial charge on any atom is 0.272 e. The molecular weight excluding hydrogens is 375 g/mol. The van der Waals surface area contributed by atoms with E-state index >= 15 is 0 Å². The van der Waals surface area contributed by atoms with Crippen molar-refractivity contribution < 1.29 is 9.50 Å². The molecule has 1 aliphatic heterocycles. The first-order chi connectivity index (χ1) is 13.9. The Labute approximate surface area is 164 Å². The highest BCUT2D eigenvalue weighted by Crippen LogP contribution is 2.37. The molecule has 1 aliphatic rings. The van der Waals surface area contributed by atoms with E-state index in [0.717, 1.165) is 11.4 Å². The molecule has 1 aromatic carbocycles. The first-order valence-electron chi connectivity index (χ1n) is 9.32. The minimum atomic E-state index is -0.440. The van der Waals surface area contributed by atoms with E-state index in [4.69, 9.17) is 10.7 Å². The molecule has 4 heterocycles. The van der Waals surface area contributed by atoms with Crippen LogP contribution in [-0.4, -0.2) is 44.5 Å². The van der Waals surface area contributed by atoms with Crippen LogP contribution in [0.15, 0.2) is 29.2 Å². The number of pyridine rings is 2. The molecule has 0 saturated carbocycles. The molecule has 9 heteroatoms. The maximum atomic E-state index is 14.2. The Morgan fingerprint density at radius 1 is 1.38 bits per heavy atom. The van der Waals surface area contributed by atoms with Gasteiger partial charge in [-0.1, -0.05) is 6.07 Å². The smallest absolute Gasteiger partial charge is 0.272 e. The summed E-state index contributed by atoms with van der Waals surface area (Å²) >= 11 is 0. The lowest BCUT2D eigenvalue weighted by Gasteiger charge is -2.20. The van der Waals surface area contributed by atoms with Crippen LogP contribution in [0.3, 0.4) is 0 Å². The molecule has 1 fully saturated rings. The number of fused-ring (bicyclic) bond motifs is 2. The van der Waals surface area contributed by atoms with Gasteiger partial charge in [0.25, 0.3) is 5.56 Å². The summed E-state index contributed by atoms with van der Waals surface area (Å²) in [5.74, 6) is 0.289. The van der Waals surface area contributed by atoms with Crippen molar-refractivity contribution in [3.8, 4) is 11.1 Å². The van der Waals surface area contributed by atoms with Crippen LogP contribution in [0.5, 0.6) is 0 Å². The number of aliphatic hydroxyl groups excluding tert-OH is 1. The second-order valence-corrected chi connectivity index (χ2v) is 7.41. The van der Waals surface area contributed by atoms with Crippen molar-refractivity contribution in [3.05, 3.63) is 46.1 Å². The number of rotatable bonds is 2. The minimum Gasteiger partial charge on any atom is -0.394 e. The zero-order chi connectivity index (χ0) is 20.3. The Kier molecular flexibility index (Phi) is 3.82. The number of hydrogen-bond donors (Lipinski definition) is 4. The largest absolute Gasteiger partial charge is 0.394 e. The van der Waals surface area contributed by atoms with Gasteiger partial charge in [-0.05, 0) is 36.6 Å². The molecule has 29 heavy (non-hydrogen) atoms. The molecule has 0 amide bonds. The highest BCUT2D eigenvalue weighted by Gasteiger charge is 2.25. The molecule has 0 bridgehead atoms. The first kappa shape index (κ1) is 17.6. The van der Waals surface area contributed by atoms with E-state index < -0.39 is 17.5 Å². The third-order valence-corrected chi connectivity index (χ3v) is 5.48. The van der Waals surface area contributed by atoms with Crippen LogP contribution in [0.4, 0.5) is 15.9 Å². The summed E-state index contributed by atoms with van der Waals surface area (Å²) in [6, 6.07) is 4.75. The number of halogens is 1. The van der Waals surface area contributed by atoms with E-state index in [0.29, 0.717) is 47.1 Å². The molecule has 8 nitrogen and oxygen atoms in total. The summed E-state index contributed by atoms with van der Waals surface area (Å²) in [5, 5.41) is 17.0. The second kappa shape index (κ2) is 6.28. The topological polar surface area (TPSA) is 124 Å². The van der Waals surface area contributed by atoms with Gasteiger partial charge in [-0.25, -0.2) is 9.37 Å². The lowest BCUT2D eigenvalue weighted by atomic mass is 9.99. The van der Waals surface area contributed by atoms with Crippen molar-refractivity contribution in [2.45, 2.75) is 19.4 Å². The Morgan fingerprint density at radius 2 is 2.21 bits per heavy atom. The number of anilines is 2. The van der Waals surface area contributed by atoms with Crippen molar-refractivity contribution in [2.24, 2.45) is 0 Å². The van der Waals surface area contributed by atoms with Gasteiger partial charge < -0.3 is 20.7 Å². The molecule has 1 unspecified atom stereocenters. The molecule has 4 aromatic rings. The van der Waals surface area contributed by atoms with Gasteiger partial charge in [0.05, 0.1) is 23.3 Å². The average molecular weight is 394 g/mol. The van der Waals surface area contributed by atoms with E-state index in [9.17, 15) is 14.3 Å². The average Bonchev–Trinajstić information content (AvgIpc) is 3.34. The Morgan fingerprint density at radius 3 is 2.97 bits per heavy atom. The predicted octanol–water partition coefficient (Wildman–Crippen LogP) is 2.07. The number of β-amino-alcohol motifs (C(OH)–C–C–N with tert-alkyl or cyclic N) is 1. The number of nitrogens with one attached hydrogen (secondary N) is 2. The minimum absolute atomic E-state index is 0.00960. The fraction of sp³-hybridized carbons (Fsp3) is 0.250. The van der Waals surface area contributed by atoms with Crippen molar-refractivity contribution in [1.82, 2.24) is 20.2 Å². The quantitative estimate of drug-likeness (QED) is 0.413. The van der Waals surface area contributed by atoms with Gasteiger partial charge >= 0.3 is 0 Å². The number of aryl methyl sites for hydroxylation is 1. The Bertz CT molecular complexity index is 1330. The maximum absolute atomic E-state index is 14.2. The zero-order valence-electron chi connectivity index (χ0n) is 15.7. The lowest BCUT2D eigenvalue weighted by molar-refractivity contribution is 0.198. The number of benzene rings is 1. The molecule has 5 rings (SSSR count). The molecule has 5 N–H and O–H groups in total. The monoisotopic (exact) mass is 394 g/mol. The van der Waals surface area contributed by atoms with Crippen molar-refractivity contribution >= 4 is 33.4 Å². The van der Waals surface area contributed by atoms with Gasteiger partial charge in [-0.2, -0.15) is 5.10 Å². The third kappa shape index (κ3) is 2.65. The normalized spacial score (nSPS) is 16.9. The van der Waals surface area contributed by atoms with Gasteiger partial charge in [0, 0.05) is 24.0 Å². The summed E-state index contributed by atoms with van der Waals surface area (Å²) in [4.78, 5) is 22.1. The number of aromatic amines is 2. The van der Waals surface area contributed by atoms with Crippen LogP contribution >= 0.6 is 0 Å². The van der Waals surface area contributed by atoms with Gasteiger partial charge in [-0.15, -0.1) is 0 Å². The van der Waals surface area contributed by atoms with E-state index in [1.165, 1.54) is 12.3 Å². The number of nitrogens with two attached hydrogens (primary N) is 1. The first-order valence-corrected chi connectivity index (χ1v) is 9.32. The second-order valence-electron chi connectivity index (χ2n) is 7.41. The van der Waals surface area contributed by atoms with Crippen molar-refractivity contribution in [2.75, 3.05) is 23.7 Å². The Balaban J connectivity index is 1.84. The fourth-order valence-electron chi connectivity index (χ4n) is 4.07. The summed E-state index contributed by atoms with van der Waals surface area (Å²) in [5.41, 5.74) is 8.95. The number of nitrogen functional groups attached to an aromatic ring is 1. The van der Waals surface area contributed by atoms with Gasteiger partial charge in [-0.3, -0.25) is 9.89 Å². The lowest BCUT2D eigenvalue weighted by Crippen LogP contribution is -2.23. The van der Waals surface area contributed by atoms with E-state index in [1.807, 2.05) is 17.9 Å². The zero-order valence-corrected chi connectivity index (χ0v) is 15.7. The van der Waals surface area contributed by atoms with Crippen molar-refractivity contribution in [3.63, 3.8) is 0 Å². The summed E-state index contributed by atoms with van der Waals surface area (Å²) < 4.78 is 14.2. The Hall–Kier alpha value is -3.46. The van der Waals surface area contributed by atoms with Crippen LogP contribution < -0.4 is 16.2 Å². The fourth-order valence-corrected chi connectivity index (χ4v) is 4.07. The number of nitrogens with zero attached hydrogens (tertiary/aromatic N) is 3. The van der Waals surface area contributed by atoms with Crippen LogP contribution in [-0.2, 0) is 0 Å². The molecular formula is C20H19FN6O2. The van der Waals surface area contributed by atoms with Crippen molar-refractivity contribution in [1.29, 1.82) is 0 Å². The van der Waals surface area contributed by atoms with Crippen LogP contribution in [0, 0.1) is 12.7 Å². The third-order valence-electron chi connectivity index (χ3n) is 5.48. The molecule has 0 radical (unpaired) electrons. The van der Waals surface area contributed by atoms with Crippen LogP contribution in [0.2, 0.25) is 0 Å². The standard InChI is InChI=1S/C20H19FN6O2/c1-9-6-14-18(25-19(9)27-5-4-10(28)8-27)15(16(22)20(29)24-14)11-2-3-13(21)17-12(11)7-23-26-17/h2-3,6-7,10,28H,4-5,8,22H2,1H3,(H,23,26)(H,24,29). The van der Waals surface area contributed by atoms with E-state index in [-0.39, 0.29) is 11.2 Å². The molecule has 1 saturated heterocycles. The number of H-pyrrole nitrogens is 2. The highest BCUT2D eigenvalue weighted by molar-refractivity contribution is 6.06. The van der Waals surface area contributed by atoms with E-state index in [1.54, 1.807) is 6.07 Å². The van der Waals surface area contributed by atoms with Crippen LogP contribution in [0.25, 0.3) is 33.1 Å². The predicted molar refractivity (Wildman–Crippen MR) is 109 cm³/mol. The summed E-state index contributed by atoms with van der Waals surface area (Å²) in [6.45, 7) is 3.10. The molecule has 0 spiro atoms. The summed E-state index contributed by atoms with van der Waals surface area (Å²) in [7, 11) is 0.